The zero-order valence-electron chi connectivity index (χ0n) is 12.7. The summed E-state index contributed by atoms with van der Waals surface area (Å²) < 4.78 is 0. The maximum atomic E-state index is 11.9. The van der Waals surface area contributed by atoms with E-state index < -0.39 is 5.60 Å². The number of anilines is 1. The lowest BCUT2D eigenvalue weighted by atomic mass is 9.86. The first-order valence-corrected chi connectivity index (χ1v) is 7.10. The molecular formula is C16H24N2O2. The van der Waals surface area contributed by atoms with Crippen LogP contribution in [0, 0.1) is 0 Å². The van der Waals surface area contributed by atoms with Crippen LogP contribution in [0.2, 0.25) is 0 Å². The second-order valence-electron chi connectivity index (χ2n) is 6.32. The van der Waals surface area contributed by atoms with E-state index in [0.717, 1.165) is 24.9 Å². The van der Waals surface area contributed by atoms with Gasteiger partial charge in [-0.05, 0) is 64.4 Å². The lowest BCUT2D eigenvalue weighted by Crippen LogP contribution is -2.37. The Morgan fingerprint density at radius 1 is 1.40 bits per heavy atom. The van der Waals surface area contributed by atoms with Crippen LogP contribution in [0.5, 0.6) is 0 Å². The normalized spacial score (nSPS) is 18.8. The van der Waals surface area contributed by atoms with Crippen molar-refractivity contribution in [1.29, 1.82) is 0 Å². The number of carbonyl (C=O) groups is 1. The third kappa shape index (κ3) is 3.19. The van der Waals surface area contributed by atoms with Crippen LogP contribution in [-0.4, -0.2) is 41.7 Å². The smallest absolute Gasteiger partial charge is 0.255 e. The summed E-state index contributed by atoms with van der Waals surface area (Å²) in [5.41, 5.74) is 1.99. The van der Waals surface area contributed by atoms with E-state index in [-0.39, 0.29) is 5.91 Å². The van der Waals surface area contributed by atoms with Gasteiger partial charge in [0.25, 0.3) is 5.91 Å². The van der Waals surface area contributed by atoms with E-state index in [0.29, 0.717) is 6.04 Å². The highest BCUT2D eigenvalue weighted by Gasteiger charge is 2.26. The number of hydrogen-bond donors (Lipinski definition) is 2. The van der Waals surface area contributed by atoms with E-state index in [4.69, 9.17) is 0 Å². The summed E-state index contributed by atoms with van der Waals surface area (Å²) in [5, 5.41) is 12.6. The Bertz CT molecular complexity index is 504. The molecule has 4 heteroatoms. The first-order chi connectivity index (χ1) is 9.29. The molecule has 1 aliphatic carbocycles. The molecule has 0 saturated heterocycles. The van der Waals surface area contributed by atoms with Gasteiger partial charge in [-0.3, -0.25) is 4.79 Å². The number of amides is 1. The van der Waals surface area contributed by atoms with Crippen LogP contribution in [0.1, 0.15) is 31.4 Å². The van der Waals surface area contributed by atoms with Gasteiger partial charge in [0.05, 0.1) is 0 Å². The van der Waals surface area contributed by atoms with E-state index in [9.17, 15) is 9.90 Å². The quantitative estimate of drug-likeness (QED) is 0.885. The molecule has 0 spiro atoms. The molecule has 0 saturated carbocycles. The van der Waals surface area contributed by atoms with Crippen molar-refractivity contribution in [3.63, 3.8) is 0 Å². The fourth-order valence-corrected chi connectivity index (χ4v) is 2.62. The highest BCUT2D eigenvalue weighted by Crippen LogP contribution is 2.29. The predicted octanol–water partition coefficient (Wildman–Crippen LogP) is 1.81. The summed E-state index contributed by atoms with van der Waals surface area (Å²) in [6.07, 6.45) is 3.06. The van der Waals surface area contributed by atoms with E-state index in [1.165, 1.54) is 25.0 Å². The van der Waals surface area contributed by atoms with Crippen molar-refractivity contribution in [2.24, 2.45) is 0 Å². The molecule has 0 fully saturated rings. The molecule has 4 nitrogen and oxygen atoms in total. The van der Waals surface area contributed by atoms with E-state index in [2.05, 4.69) is 30.4 Å². The van der Waals surface area contributed by atoms with Gasteiger partial charge in [-0.15, -0.1) is 0 Å². The van der Waals surface area contributed by atoms with Gasteiger partial charge in [0.15, 0.2) is 0 Å². The van der Waals surface area contributed by atoms with Crippen molar-refractivity contribution >= 4 is 11.6 Å². The zero-order valence-corrected chi connectivity index (χ0v) is 12.7. The van der Waals surface area contributed by atoms with Crippen molar-refractivity contribution in [3.05, 3.63) is 29.3 Å². The molecular weight excluding hydrogens is 252 g/mol. The van der Waals surface area contributed by atoms with Gasteiger partial charge in [0.1, 0.15) is 5.60 Å². The van der Waals surface area contributed by atoms with Crippen LogP contribution < -0.4 is 5.32 Å². The highest BCUT2D eigenvalue weighted by atomic mass is 16.3. The number of nitrogens with one attached hydrogen (secondary N) is 1. The van der Waals surface area contributed by atoms with Gasteiger partial charge >= 0.3 is 0 Å². The Hall–Kier alpha value is -1.39. The lowest BCUT2D eigenvalue weighted by Gasteiger charge is -2.31. The van der Waals surface area contributed by atoms with Crippen molar-refractivity contribution in [3.8, 4) is 0 Å². The highest BCUT2D eigenvalue weighted by molar-refractivity contribution is 5.97. The van der Waals surface area contributed by atoms with Crippen molar-refractivity contribution in [2.75, 3.05) is 19.4 Å². The Morgan fingerprint density at radius 3 is 2.70 bits per heavy atom. The van der Waals surface area contributed by atoms with Gasteiger partial charge in [-0.25, -0.2) is 0 Å². The summed E-state index contributed by atoms with van der Waals surface area (Å²) in [6, 6.07) is 6.57. The number of hydrogen-bond acceptors (Lipinski definition) is 3. The Balaban J connectivity index is 2.22. The fourth-order valence-electron chi connectivity index (χ4n) is 2.62. The lowest BCUT2D eigenvalue weighted by molar-refractivity contribution is -0.130. The van der Waals surface area contributed by atoms with Crippen LogP contribution in [0.3, 0.4) is 0 Å². The molecule has 1 atom stereocenters. The number of likely N-dealkylation sites (N-methyl/N-ethyl adjacent to an activating group) is 1. The Kier molecular flexibility index (Phi) is 4.16. The van der Waals surface area contributed by atoms with Gasteiger partial charge < -0.3 is 15.3 Å². The Morgan fingerprint density at radius 2 is 2.10 bits per heavy atom. The van der Waals surface area contributed by atoms with Crippen molar-refractivity contribution < 1.29 is 9.90 Å². The molecule has 110 valence electrons. The second-order valence-corrected chi connectivity index (χ2v) is 6.32. The first-order valence-electron chi connectivity index (χ1n) is 7.10. The molecule has 0 aromatic heterocycles. The third-order valence-corrected chi connectivity index (χ3v) is 3.99. The molecule has 1 unspecified atom stereocenters. The van der Waals surface area contributed by atoms with Crippen LogP contribution in [0.15, 0.2) is 18.2 Å². The number of aliphatic hydroxyl groups is 1. The van der Waals surface area contributed by atoms with E-state index >= 15 is 0 Å². The molecule has 0 radical (unpaired) electrons. The summed E-state index contributed by atoms with van der Waals surface area (Å²) in [4.78, 5) is 14.2. The molecule has 0 heterocycles. The molecule has 2 rings (SSSR count). The minimum Gasteiger partial charge on any atom is -0.381 e. The molecule has 1 aromatic rings. The first kappa shape index (κ1) is 15.0. The molecule has 1 aliphatic rings. The van der Waals surface area contributed by atoms with Gasteiger partial charge in [0.2, 0.25) is 0 Å². The molecule has 1 aromatic carbocycles. The number of carbonyl (C=O) groups excluding carboxylic acids is 1. The maximum Gasteiger partial charge on any atom is 0.255 e. The van der Waals surface area contributed by atoms with E-state index in [1.54, 1.807) is 0 Å². The van der Waals surface area contributed by atoms with Crippen molar-refractivity contribution in [2.45, 2.75) is 44.8 Å². The fraction of sp³-hybridized carbons (Fsp3) is 0.562. The molecule has 20 heavy (non-hydrogen) atoms. The molecule has 0 bridgehead atoms. The summed E-state index contributed by atoms with van der Waals surface area (Å²) in [6.45, 7) is 3.00. The molecule has 1 amide bonds. The van der Waals surface area contributed by atoms with Crippen LogP contribution in [0.25, 0.3) is 0 Å². The predicted molar refractivity (Wildman–Crippen MR) is 80.9 cm³/mol. The number of nitrogens with zero attached hydrogens (tertiary/aromatic N) is 1. The number of benzene rings is 1. The minimum atomic E-state index is -1.36. The third-order valence-electron chi connectivity index (χ3n) is 3.99. The van der Waals surface area contributed by atoms with Gasteiger partial charge in [-0.2, -0.15) is 0 Å². The standard InChI is InChI=1S/C16H24N2O2/c1-16(2,20)15(19)17-14-7-5-6-11-10-12(18(3)4)8-9-13(11)14/h5-7,12,20H,8-10H2,1-4H3,(H,17,19). The topological polar surface area (TPSA) is 52.6 Å². The second kappa shape index (κ2) is 5.54. The van der Waals surface area contributed by atoms with Crippen LogP contribution in [0.4, 0.5) is 5.69 Å². The number of fused-ring (bicyclic) bond motifs is 1. The summed E-state index contributed by atoms with van der Waals surface area (Å²) >= 11 is 0. The van der Waals surface area contributed by atoms with Gasteiger partial charge in [-0.1, -0.05) is 12.1 Å². The maximum absolute atomic E-state index is 11.9. The summed E-state index contributed by atoms with van der Waals surface area (Å²) in [5.74, 6) is -0.361. The monoisotopic (exact) mass is 276 g/mol. The summed E-state index contributed by atoms with van der Waals surface area (Å²) in [7, 11) is 4.21. The average molecular weight is 276 g/mol. The molecule has 0 aliphatic heterocycles. The van der Waals surface area contributed by atoms with E-state index in [1.807, 2.05) is 12.1 Å². The van der Waals surface area contributed by atoms with Crippen LogP contribution in [-0.2, 0) is 17.6 Å². The van der Waals surface area contributed by atoms with Gasteiger partial charge in [0, 0.05) is 11.7 Å². The molecule has 2 N–H and O–H groups in total. The number of rotatable bonds is 3. The van der Waals surface area contributed by atoms with Crippen molar-refractivity contribution in [1.82, 2.24) is 4.90 Å². The van der Waals surface area contributed by atoms with Crippen LogP contribution >= 0.6 is 0 Å². The minimum absolute atomic E-state index is 0.361. The Labute approximate surface area is 120 Å². The SMILES string of the molecule is CN(C)C1CCc2c(cccc2NC(=O)C(C)(C)O)C1. The zero-order chi connectivity index (χ0) is 14.9. The average Bonchev–Trinajstić information content (AvgIpc) is 2.37. The largest absolute Gasteiger partial charge is 0.381 e.